The van der Waals surface area contributed by atoms with Crippen LogP contribution in [-0.4, -0.2) is 25.5 Å². The summed E-state index contributed by atoms with van der Waals surface area (Å²) in [5.41, 5.74) is 3.27. The highest BCUT2D eigenvalue weighted by Crippen LogP contribution is 2.36. The van der Waals surface area contributed by atoms with Crippen LogP contribution >= 0.6 is 0 Å². The van der Waals surface area contributed by atoms with E-state index in [1.807, 2.05) is 0 Å². The Balaban J connectivity index is 2.64. The van der Waals surface area contributed by atoms with Crippen molar-refractivity contribution >= 4 is 10.8 Å². The Labute approximate surface area is 146 Å². The molecule has 0 radical (unpaired) electrons. The third-order valence-electron chi connectivity index (χ3n) is 4.60. The lowest BCUT2D eigenvalue weighted by molar-refractivity contribution is 0.363. The number of nitrogens with zero attached hydrogens (tertiary/aromatic N) is 2. The molecule has 0 amide bonds. The molecule has 0 aromatic heterocycles. The van der Waals surface area contributed by atoms with Crippen LogP contribution in [0, 0.1) is 11.3 Å². The normalized spacial score (nSPS) is 13.5. The molecule has 2 rings (SSSR count). The van der Waals surface area contributed by atoms with E-state index in [-0.39, 0.29) is 0 Å². The monoisotopic (exact) mass is 320 g/mol. The molecule has 2 aromatic rings. The fraction of sp³-hybridized carbons (Fsp3) is 0.409. The van der Waals surface area contributed by atoms with Crippen molar-refractivity contribution in [2.24, 2.45) is 0 Å². The summed E-state index contributed by atoms with van der Waals surface area (Å²) in [6, 6.07) is 15.4. The van der Waals surface area contributed by atoms with Crippen molar-refractivity contribution in [3.05, 3.63) is 59.2 Å². The largest absolute Gasteiger partial charge is 0.309 e. The standard InChI is InChI=1S/C22H28N2/c1-17(2)10-11-19-13-12-18-8-6-7-9-20(18)21(19)22(3,16-23)14-15-24(4)5/h6-10,12-13H,11,14-15H2,1-5H3. The minimum absolute atomic E-state index is 0.490. The van der Waals surface area contributed by atoms with Gasteiger partial charge >= 0.3 is 0 Å². The molecule has 126 valence electrons. The van der Waals surface area contributed by atoms with Gasteiger partial charge in [0.2, 0.25) is 0 Å². The van der Waals surface area contributed by atoms with E-state index >= 15 is 0 Å². The molecule has 0 aliphatic carbocycles. The Morgan fingerprint density at radius 2 is 1.88 bits per heavy atom. The van der Waals surface area contributed by atoms with Gasteiger partial charge in [0.05, 0.1) is 11.5 Å². The minimum Gasteiger partial charge on any atom is -0.309 e. The van der Waals surface area contributed by atoms with E-state index in [1.165, 1.54) is 27.5 Å². The lowest BCUT2D eigenvalue weighted by Gasteiger charge is -2.28. The maximum atomic E-state index is 10.0. The van der Waals surface area contributed by atoms with Gasteiger partial charge in [-0.05, 0) is 76.2 Å². The Morgan fingerprint density at radius 3 is 2.50 bits per heavy atom. The van der Waals surface area contributed by atoms with Gasteiger partial charge in [0.1, 0.15) is 0 Å². The molecule has 2 heteroatoms. The van der Waals surface area contributed by atoms with Gasteiger partial charge in [-0.15, -0.1) is 0 Å². The van der Waals surface area contributed by atoms with Crippen LogP contribution in [-0.2, 0) is 11.8 Å². The van der Waals surface area contributed by atoms with E-state index in [9.17, 15) is 5.26 Å². The van der Waals surface area contributed by atoms with Crippen LogP contribution in [0.15, 0.2) is 48.0 Å². The van der Waals surface area contributed by atoms with Gasteiger partial charge in [-0.1, -0.05) is 48.0 Å². The third kappa shape index (κ3) is 4.04. The predicted molar refractivity (Wildman–Crippen MR) is 103 cm³/mol. The average molecular weight is 320 g/mol. The van der Waals surface area contributed by atoms with Crippen molar-refractivity contribution in [2.75, 3.05) is 20.6 Å². The van der Waals surface area contributed by atoms with Gasteiger partial charge in [0.15, 0.2) is 0 Å². The highest BCUT2D eigenvalue weighted by molar-refractivity contribution is 5.88. The highest BCUT2D eigenvalue weighted by Gasteiger charge is 2.30. The zero-order valence-electron chi connectivity index (χ0n) is 15.6. The van der Waals surface area contributed by atoms with Gasteiger partial charge in [-0.3, -0.25) is 0 Å². The van der Waals surface area contributed by atoms with Crippen LogP contribution in [0.25, 0.3) is 10.8 Å². The second kappa shape index (κ2) is 7.64. The summed E-state index contributed by atoms with van der Waals surface area (Å²) in [7, 11) is 4.12. The molecular formula is C22H28N2. The van der Waals surface area contributed by atoms with Crippen molar-refractivity contribution in [3.8, 4) is 6.07 Å². The van der Waals surface area contributed by atoms with Crippen LogP contribution in [0.5, 0.6) is 0 Å². The van der Waals surface area contributed by atoms with Crippen molar-refractivity contribution < 1.29 is 0 Å². The first-order valence-corrected chi connectivity index (χ1v) is 8.58. The van der Waals surface area contributed by atoms with Gasteiger partial charge in [0, 0.05) is 0 Å². The van der Waals surface area contributed by atoms with Gasteiger partial charge in [0.25, 0.3) is 0 Å². The summed E-state index contributed by atoms with van der Waals surface area (Å²) >= 11 is 0. The molecule has 1 unspecified atom stereocenters. The average Bonchev–Trinajstić information content (AvgIpc) is 2.57. The third-order valence-corrected chi connectivity index (χ3v) is 4.60. The molecule has 0 saturated heterocycles. The quantitative estimate of drug-likeness (QED) is 0.694. The zero-order chi connectivity index (χ0) is 17.7. The maximum absolute atomic E-state index is 10.0. The van der Waals surface area contributed by atoms with Gasteiger partial charge < -0.3 is 4.90 Å². The smallest absolute Gasteiger partial charge is 0.0815 e. The number of rotatable bonds is 6. The number of allylic oxidation sites excluding steroid dienone is 2. The number of hydrogen-bond acceptors (Lipinski definition) is 2. The molecule has 0 N–H and O–H groups in total. The molecular weight excluding hydrogens is 292 g/mol. The molecule has 0 spiro atoms. The predicted octanol–water partition coefficient (Wildman–Crippen LogP) is 5.08. The van der Waals surface area contributed by atoms with Crippen molar-refractivity contribution in [3.63, 3.8) is 0 Å². The zero-order valence-corrected chi connectivity index (χ0v) is 15.6. The van der Waals surface area contributed by atoms with E-state index in [2.05, 4.69) is 88.3 Å². The van der Waals surface area contributed by atoms with E-state index in [0.29, 0.717) is 0 Å². The summed E-state index contributed by atoms with van der Waals surface area (Å²) in [5.74, 6) is 0. The van der Waals surface area contributed by atoms with Gasteiger partial charge in [-0.25, -0.2) is 0 Å². The van der Waals surface area contributed by atoms with E-state index in [4.69, 9.17) is 0 Å². The molecule has 2 aromatic carbocycles. The van der Waals surface area contributed by atoms with E-state index < -0.39 is 5.41 Å². The summed E-state index contributed by atoms with van der Waals surface area (Å²) in [5, 5.41) is 12.4. The summed E-state index contributed by atoms with van der Waals surface area (Å²) in [4.78, 5) is 2.15. The SMILES string of the molecule is CC(C)=CCc1ccc2ccccc2c1C(C)(C#N)CCN(C)C. The first-order valence-electron chi connectivity index (χ1n) is 8.58. The Kier molecular flexibility index (Phi) is 5.80. The second-order valence-electron chi connectivity index (χ2n) is 7.30. The van der Waals surface area contributed by atoms with Crippen molar-refractivity contribution in [2.45, 2.75) is 39.0 Å². The first-order chi connectivity index (χ1) is 11.4. The van der Waals surface area contributed by atoms with Crippen LogP contribution < -0.4 is 0 Å². The molecule has 0 fully saturated rings. The molecule has 2 nitrogen and oxygen atoms in total. The molecule has 0 aliphatic heterocycles. The summed E-state index contributed by atoms with van der Waals surface area (Å²) in [6.45, 7) is 7.23. The Morgan fingerprint density at radius 1 is 1.17 bits per heavy atom. The Bertz CT molecular complexity index is 776. The molecule has 24 heavy (non-hydrogen) atoms. The number of benzene rings is 2. The van der Waals surface area contributed by atoms with Crippen LogP contribution in [0.2, 0.25) is 0 Å². The highest BCUT2D eigenvalue weighted by atomic mass is 15.0. The fourth-order valence-electron chi connectivity index (χ4n) is 3.14. The maximum Gasteiger partial charge on any atom is 0.0815 e. The number of nitriles is 1. The summed E-state index contributed by atoms with van der Waals surface area (Å²) < 4.78 is 0. The van der Waals surface area contributed by atoms with Crippen LogP contribution in [0.1, 0.15) is 38.3 Å². The Hall–Kier alpha value is -2.11. The topological polar surface area (TPSA) is 27.0 Å². The van der Waals surface area contributed by atoms with Crippen molar-refractivity contribution in [1.82, 2.24) is 4.90 Å². The minimum atomic E-state index is -0.490. The van der Waals surface area contributed by atoms with Crippen molar-refractivity contribution in [1.29, 1.82) is 5.26 Å². The van der Waals surface area contributed by atoms with E-state index in [0.717, 1.165) is 19.4 Å². The van der Waals surface area contributed by atoms with Crippen LogP contribution in [0.4, 0.5) is 0 Å². The second-order valence-corrected chi connectivity index (χ2v) is 7.30. The first kappa shape index (κ1) is 18.2. The molecule has 0 bridgehead atoms. The van der Waals surface area contributed by atoms with E-state index in [1.54, 1.807) is 0 Å². The van der Waals surface area contributed by atoms with Gasteiger partial charge in [-0.2, -0.15) is 5.26 Å². The fourth-order valence-corrected chi connectivity index (χ4v) is 3.14. The molecule has 1 atom stereocenters. The molecule has 0 aliphatic rings. The summed E-state index contributed by atoms with van der Waals surface area (Å²) in [6.07, 6.45) is 3.95. The lowest BCUT2D eigenvalue weighted by Crippen LogP contribution is -2.28. The molecule has 0 saturated carbocycles. The number of hydrogen-bond donors (Lipinski definition) is 0. The van der Waals surface area contributed by atoms with Crippen LogP contribution in [0.3, 0.4) is 0 Å². The number of fused-ring (bicyclic) bond motifs is 1. The lowest BCUT2D eigenvalue weighted by atomic mass is 9.75. The molecule has 0 heterocycles.